The van der Waals surface area contributed by atoms with Gasteiger partial charge in [-0.1, -0.05) is 42.8 Å². The van der Waals surface area contributed by atoms with Gasteiger partial charge in [0.2, 0.25) is 0 Å². The van der Waals surface area contributed by atoms with Crippen LogP contribution in [0, 0.1) is 0 Å². The molecule has 0 radical (unpaired) electrons. The summed E-state index contributed by atoms with van der Waals surface area (Å²) in [5, 5.41) is 4.00. The number of nitrogens with one attached hydrogen (secondary N) is 1. The third-order valence-corrected chi connectivity index (χ3v) is 3.25. The van der Waals surface area contributed by atoms with Gasteiger partial charge in [0.25, 0.3) is 0 Å². The molecule has 2 aromatic rings. The van der Waals surface area contributed by atoms with Crippen molar-refractivity contribution in [1.29, 1.82) is 0 Å². The standard InChI is InChI=1S/C16H18ClNO/c1-3-18-12(2)13-7-6-8-14(11-13)19-16-10-5-4-9-15(16)17/h4-12,18H,3H2,1-2H3. The van der Waals surface area contributed by atoms with Gasteiger partial charge in [-0.2, -0.15) is 0 Å². The van der Waals surface area contributed by atoms with Crippen LogP contribution in [0.15, 0.2) is 48.5 Å². The molecule has 0 amide bonds. The number of rotatable bonds is 5. The SMILES string of the molecule is CCNC(C)c1cccc(Oc2ccccc2Cl)c1. The summed E-state index contributed by atoms with van der Waals surface area (Å²) in [6, 6.07) is 15.8. The Morgan fingerprint density at radius 2 is 1.95 bits per heavy atom. The molecule has 0 spiro atoms. The van der Waals surface area contributed by atoms with Gasteiger partial charge in [-0.15, -0.1) is 0 Å². The summed E-state index contributed by atoms with van der Waals surface area (Å²) in [6.45, 7) is 5.18. The van der Waals surface area contributed by atoms with Gasteiger partial charge in [0.15, 0.2) is 0 Å². The van der Waals surface area contributed by atoms with E-state index in [9.17, 15) is 0 Å². The minimum Gasteiger partial charge on any atom is -0.456 e. The normalized spacial score (nSPS) is 12.2. The van der Waals surface area contributed by atoms with Gasteiger partial charge in [-0.05, 0) is 43.3 Å². The zero-order valence-electron chi connectivity index (χ0n) is 11.2. The Hall–Kier alpha value is -1.51. The Balaban J connectivity index is 2.18. The molecule has 0 fully saturated rings. The molecule has 0 saturated carbocycles. The van der Waals surface area contributed by atoms with Crippen LogP contribution in [-0.2, 0) is 0 Å². The van der Waals surface area contributed by atoms with Crippen LogP contribution in [0.4, 0.5) is 0 Å². The number of hydrogen-bond acceptors (Lipinski definition) is 2. The van der Waals surface area contributed by atoms with E-state index in [4.69, 9.17) is 16.3 Å². The molecule has 0 aromatic heterocycles. The quantitative estimate of drug-likeness (QED) is 0.846. The molecule has 3 heteroatoms. The molecule has 19 heavy (non-hydrogen) atoms. The Labute approximate surface area is 119 Å². The largest absolute Gasteiger partial charge is 0.456 e. The van der Waals surface area contributed by atoms with Crippen LogP contribution in [-0.4, -0.2) is 6.54 Å². The van der Waals surface area contributed by atoms with Crippen LogP contribution in [0.5, 0.6) is 11.5 Å². The van der Waals surface area contributed by atoms with E-state index in [0.717, 1.165) is 12.3 Å². The molecule has 2 rings (SSSR count). The molecule has 0 saturated heterocycles. The van der Waals surface area contributed by atoms with Crippen molar-refractivity contribution in [2.24, 2.45) is 0 Å². The Kier molecular flexibility index (Phi) is 4.83. The third-order valence-electron chi connectivity index (χ3n) is 2.93. The molecular weight excluding hydrogens is 258 g/mol. The molecule has 0 aliphatic heterocycles. The Morgan fingerprint density at radius 3 is 2.68 bits per heavy atom. The van der Waals surface area contributed by atoms with Gasteiger partial charge >= 0.3 is 0 Å². The van der Waals surface area contributed by atoms with E-state index in [1.807, 2.05) is 42.5 Å². The molecule has 2 nitrogen and oxygen atoms in total. The highest BCUT2D eigenvalue weighted by Crippen LogP contribution is 2.29. The maximum absolute atomic E-state index is 6.09. The fraction of sp³-hybridized carbons (Fsp3) is 0.250. The van der Waals surface area contributed by atoms with Crippen LogP contribution in [0.25, 0.3) is 0 Å². The molecule has 1 atom stereocenters. The van der Waals surface area contributed by atoms with Crippen LogP contribution in [0.1, 0.15) is 25.5 Å². The average molecular weight is 276 g/mol. The number of ether oxygens (including phenoxy) is 1. The third kappa shape index (κ3) is 3.72. The van der Waals surface area contributed by atoms with Crippen molar-refractivity contribution in [3.8, 4) is 11.5 Å². The predicted octanol–water partition coefficient (Wildman–Crippen LogP) is 4.80. The summed E-state index contributed by atoms with van der Waals surface area (Å²) >= 11 is 6.09. The van der Waals surface area contributed by atoms with E-state index in [-0.39, 0.29) is 0 Å². The van der Waals surface area contributed by atoms with Crippen LogP contribution in [0.2, 0.25) is 5.02 Å². The second-order valence-corrected chi connectivity index (χ2v) is 4.79. The first kappa shape index (κ1) is 13.9. The number of para-hydroxylation sites is 1. The summed E-state index contributed by atoms with van der Waals surface area (Å²) in [5.74, 6) is 1.48. The monoisotopic (exact) mass is 275 g/mol. The van der Waals surface area contributed by atoms with Crippen molar-refractivity contribution in [2.45, 2.75) is 19.9 Å². The maximum atomic E-state index is 6.09. The lowest BCUT2D eigenvalue weighted by molar-refractivity contribution is 0.480. The first-order valence-electron chi connectivity index (χ1n) is 6.46. The lowest BCUT2D eigenvalue weighted by atomic mass is 10.1. The number of hydrogen-bond donors (Lipinski definition) is 1. The van der Waals surface area contributed by atoms with Gasteiger partial charge in [0.1, 0.15) is 11.5 Å². The molecule has 100 valence electrons. The van der Waals surface area contributed by atoms with Crippen molar-refractivity contribution < 1.29 is 4.74 Å². The lowest BCUT2D eigenvalue weighted by Gasteiger charge is -2.14. The smallest absolute Gasteiger partial charge is 0.146 e. The summed E-state index contributed by atoms with van der Waals surface area (Å²) in [5.41, 5.74) is 1.20. The topological polar surface area (TPSA) is 21.3 Å². The van der Waals surface area contributed by atoms with E-state index in [1.165, 1.54) is 5.56 Å². The Morgan fingerprint density at radius 1 is 1.16 bits per heavy atom. The van der Waals surface area contributed by atoms with Gasteiger partial charge in [0.05, 0.1) is 5.02 Å². The van der Waals surface area contributed by atoms with Crippen molar-refractivity contribution in [3.05, 3.63) is 59.1 Å². The molecule has 1 unspecified atom stereocenters. The summed E-state index contributed by atoms with van der Waals surface area (Å²) in [7, 11) is 0. The van der Waals surface area contributed by atoms with Gasteiger partial charge in [0, 0.05) is 6.04 Å². The van der Waals surface area contributed by atoms with E-state index in [2.05, 4.69) is 25.2 Å². The molecule has 0 aliphatic carbocycles. The highest BCUT2D eigenvalue weighted by Gasteiger charge is 2.06. The van der Waals surface area contributed by atoms with Gasteiger partial charge < -0.3 is 10.1 Å². The van der Waals surface area contributed by atoms with Crippen LogP contribution < -0.4 is 10.1 Å². The summed E-state index contributed by atoms with van der Waals surface area (Å²) < 4.78 is 5.82. The first-order valence-corrected chi connectivity index (χ1v) is 6.84. The van der Waals surface area contributed by atoms with Crippen molar-refractivity contribution >= 4 is 11.6 Å². The molecule has 0 aliphatic rings. The van der Waals surface area contributed by atoms with E-state index in [0.29, 0.717) is 16.8 Å². The number of halogens is 1. The average Bonchev–Trinajstić information content (AvgIpc) is 2.42. The highest BCUT2D eigenvalue weighted by atomic mass is 35.5. The second kappa shape index (κ2) is 6.60. The van der Waals surface area contributed by atoms with Crippen molar-refractivity contribution in [2.75, 3.05) is 6.54 Å². The summed E-state index contributed by atoms with van der Waals surface area (Å²) in [6.07, 6.45) is 0. The van der Waals surface area contributed by atoms with Gasteiger partial charge in [-0.3, -0.25) is 0 Å². The fourth-order valence-corrected chi connectivity index (χ4v) is 2.10. The van der Waals surface area contributed by atoms with Gasteiger partial charge in [-0.25, -0.2) is 0 Å². The van der Waals surface area contributed by atoms with E-state index < -0.39 is 0 Å². The molecule has 0 heterocycles. The minimum absolute atomic E-state index is 0.305. The van der Waals surface area contributed by atoms with Crippen LogP contribution >= 0.6 is 11.6 Å². The highest BCUT2D eigenvalue weighted by molar-refractivity contribution is 6.32. The molecular formula is C16H18ClNO. The number of benzene rings is 2. The molecule has 2 aromatic carbocycles. The Bertz CT molecular complexity index is 542. The van der Waals surface area contributed by atoms with Crippen molar-refractivity contribution in [3.63, 3.8) is 0 Å². The first-order chi connectivity index (χ1) is 9.20. The lowest BCUT2D eigenvalue weighted by Crippen LogP contribution is -2.17. The second-order valence-electron chi connectivity index (χ2n) is 4.38. The zero-order chi connectivity index (χ0) is 13.7. The fourth-order valence-electron chi connectivity index (χ4n) is 1.93. The minimum atomic E-state index is 0.305. The predicted molar refractivity (Wildman–Crippen MR) is 80.1 cm³/mol. The van der Waals surface area contributed by atoms with Crippen LogP contribution in [0.3, 0.4) is 0 Å². The molecule has 1 N–H and O–H groups in total. The summed E-state index contributed by atoms with van der Waals surface area (Å²) in [4.78, 5) is 0. The zero-order valence-corrected chi connectivity index (χ0v) is 11.9. The van der Waals surface area contributed by atoms with E-state index >= 15 is 0 Å². The van der Waals surface area contributed by atoms with Crippen molar-refractivity contribution in [1.82, 2.24) is 5.32 Å². The maximum Gasteiger partial charge on any atom is 0.146 e. The van der Waals surface area contributed by atoms with E-state index in [1.54, 1.807) is 0 Å². The molecule has 0 bridgehead atoms.